The first-order chi connectivity index (χ1) is 13.7. The van der Waals surface area contributed by atoms with Crippen molar-refractivity contribution in [2.45, 2.75) is 0 Å². The average Bonchev–Trinajstić information content (AvgIpc) is 3.40. The highest BCUT2D eigenvalue weighted by atomic mass is 32.1. The Bertz CT molecular complexity index is 1210. The van der Waals surface area contributed by atoms with Crippen LogP contribution < -0.4 is 10.2 Å². The fraction of sp³-hybridized carbons (Fsp3) is 0. The van der Waals surface area contributed by atoms with Crippen LogP contribution in [-0.4, -0.2) is 16.0 Å². The molecule has 3 heterocycles. The van der Waals surface area contributed by atoms with E-state index in [1.165, 1.54) is 4.90 Å². The second-order valence-electron chi connectivity index (χ2n) is 6.15. The molecule has 0 spiro atoms. The molecule has 0 atom stereocenters. The predicted molar refractivity (Wildman–Crippen MR) is 115 cm³/mol. The number of amides is 1. The quantitative estimate of drug-likeness (QED) is 0.393. The van der Waals surface area contributed by atoms with Crippen molar-refractivity contribution in [1.82, 2.24) is 10.3 Å². The summed E-state index contributed by atoms with van der Waals surface area (Å²) in [7, 11) is 0. The van der Waals surface area contributed by atoms with E-state index in [0.29, 0.717) is 22.3 Å². The van der Waals surface area contributed by atoms with Crippen LogP contribution in [0.15, 0.2) is 76.8 Å². The Kier molecular flexibility index (Phi) is 4.03. The maximum Gasteiger partial charge on any atom is 0.281 e. The van der Waals surface area contributed by atoms with Gasteiger partial charge in [-0.05, 0) is 48.6 Å². The van der Waals surface area contributed by atoms with Crippen LogP contribution in [0, 0.1) is 0 Å². The Morgan fingerprint density at radius 3 is 2.64 bits per heavy atom. The maximum atomic E-state index is 12.8. The van der Waals surface area contributed by atoms with E-state index in [1.807, 2.05) is 66.7 Å². The molecule has 1 fully saturated rings. The summed E-state index contributed by atoms with van der Waals surface area (Å²) in [5, 5.41) is 4.12. The second-order valence-corrected chi connectivity index (χ2v) is 7.57. The number of nitrogens with zero attached hydrogens (tertiary/aromatic N) is 2. The molecular weight excluding hydrogens is 390 g/mol. The van der Waals surface area contributed by atoms with Gasteiger partial charge in [0.2, 0.25) is 0 Å². The molecule has 2 aromatic heterocycles. The summed E-state index contributed by atoms with van der Waals surface area (Å²) in [6.45, 7) is 0. The van der Waals surface area contributed by atoms with Crippen LogP contribution in [0.4, 0.5) is 5.69 Å². The zero-order valence-electron chi connectivity index (χ0n) is 14.5. The van der Waals surface area contributed by atoms with E-state index in [9.17, 15) is 4.79 Å². The fourth-order valence-corrected chi connectivity index (χ4v) is 4.24. The summed E-state index contributed by atoms with van der Waals surface area (Å²) < 4.78 is 7.01. The number of anilines is 1. The van der Waals surface area contributed by atoms with Crippen LogP contribution in [0.5, 0.6) is 0 Å². The molecule has 0 radical (unpaired) electrons. The number of rotatable bonds is 3. The Labute approximate surface area is 169 Å². The molecule has 0 bridgehead atoms. The number of hydrogen-bond donors (Lipinski definition) is 1. The lowest BCUT2D eigenvalue weighted by Crippen LogP contribution is -2.30. The van der Waals surface area contributed by atoms with Crippen molar-refractivity contribution in [2.24, 2.45) is 0 Å². The predicted octanol–water partition coefficient (Wildman–Crippen LogP) is 4.82. The van der Waals surface area contributed by atoms with Gasteiger partial charge in [-0.15, -0.1) is 11.3 Å². The van der Waals surface area contributed by atoms with Crippen LogP contribution in [0.3, 0.4) is 0 Å². The van der Waals surface area contributed by atoms with Crippen molar-refractivity contribution < 1.29 is 9.21 Å². The first-order valence-electron chi connectivity index (χ1n) is 8.57. The van der Waals surface area contributed by atoms with Crippen LogP contribution >= 0.6 is 23.6 Å². The number of thiocarbonyl (C=S) groups is 1. The molecule has 0 saturated carbocycles. The summed E-state index contributed by atoms with van der Waals surface area (Å²) in [5.74, 6) is 1.01. The van der Waals surface area contributed by atoms with Crippen LogP contribution in [0.25, 0.3) is 27.1 Å². The summed E-state index contributed by atoms with van der Waals surface area (Å²) >= 11 is 6.89. The lowest BCUT2D eigenvalue weighted by molar-refractivity contribution is -0.113. The topological polar surface area (TPSA) is 58.4 Å². The van der Waals surface area contributed by atoms with Gasteiger partial charge < -0.3 is 9.73 Å². The van der Waals surface area contributed by atoms with Gasteiger partial charge in [-0.25, -0.2) is 4.98 Å². The summed E-state index contributed by atoms with van der Waals surface area (Å²) in [5.41, 5.74) is 2.04. The number of nitrogens with one attached hydrogen (secondary N) is 1. The van der Waals surface area contributed by atoms with Crippen molar-refractivity contribution >= 4 is 56.6 Å². The molecule has 136 valence electrons. The van der Waals surface area contributed by atoms with Gasteiger partial charge in [0.05, 0.1) is 15.9 Å². The minimum absolute atomic E-state index is 0.214. The highest BCUT2D eigenvalue weighted by Gasteiger charge is 2.32. The molecule has 28 heavy (non-hydrogen) atoms. The minimum atomic E-state index is -0.214. The number of thiazole rings is 1. The number of para-hydroxylation sites is 2. The minimum Gasteiger partial charge on any atom is -0.454 e. The van der Waals surface area contributed by atoms with E-state index in [2.05, 4.69) is 10.3 Å². The van der Waals surface area contributed by atoms with Gasteiger partial charge in [0.1, 0.15) is 11.5 Å². The van der Waals surface area contributed by atoms with Crippen LogP contribution in [0.2, 0.25) is 0 Å². The van der Waals surface area contributed by atoms with E-state index in [1.54, 1.807) is 17.4 Å². The summed E-state index contributed by atoms with van der Waals surface area (Å²) in [6, 6.07) is 20.9. The third kappa shape index (κ3) is 2.90. The molecule has 7 heteroatoms. The summed E-state index contributed by atoms with van der Waals surface area (Å²) in [6.07, 6.45) is 1.66. The van der Waals surface area contributed by atoms with Crippen molar-refractivity contribution in [2.75, 3.05) is 4.90 Å². The number of carbonyl (C=O) groups excluding carboxylic acids is 1. The van der Waals surface area contributed by atoms with Gasteiger partial charge in [-0.1, -0.05) is 30.3 Å². The highest BCUT2D eigenvalue weighted by molar-refractivity contribution is 7.80. The Morgan fingerprint density at radius 1 is 1.04 bits per heavy atom. The lowest BCUT2D eigenvalue weighted by atomic mass is 10.3. The number of carbonyl (C=O) groups is 1. The van der Waals surface area contributed by atoms with Crippen LogP contribution in [-0.2, 0) is 4.79 Å². The average molecular weight is 403 g/mol. The number of hydrogen-bond acceptors (Lipinski definition) is 5. The largest absolute Gasteiger partial charge is 0.454 e. The molecule has 1 saturated heterocycles. The highest BCUT2D eigenvalue weighted by Crippen LogP contribution is 2.32. The van der Waals surface area contributed by atoms with Gasteiger partial charge in [0.15, 0.2) is 15.9 Å². The number of benzene rings is 2. The maximum absolute atomic E-state index is 12.8. The van der Waals surface area contributed by atoms with E-state index < -0.39 is 0 Å². The zero-order valence-corrected chi connectivity index (χ0v) is 16.1. The Balaban J connectivity index is 1.44. The van der Waals surface area contributed by atoms with E-state index in [-0.39, 0.29) is 5.91 Å². The SMILES string of the molecule is O=C1C(=Cc2ccc(-c3nc4ccccc4s3)o2)NC(=S)N1c1ccccc1. The molecule has 5 nitrogen and oxygen atoms in total. The van der Waals surface area contributed by atoms with Gasteiger partial charge in [0.25, 0.3) is 5.91 Å². The Hall–Kier alpha value is -3.29. The third-order valence-corrected chi connectivity index (χ3v) is 5.65. The second kappa shape index (κ2) is 6.70. The van der Waals surface area contributed by atoms with E-state index in [0.717, 1.165) is 20.9 Å². The first-order valence-corrected chi connectivity index (χ1v) is 9.79. The van der Waals surface area contributed by atoms with Crippen LogP contribution in [0.1, 0.15) is 5.76 Å². The smallest absolute Gasteiger partial charge is 0.281 e. The summed E-state index contributed by atoms with van der Waals surface area (Å²) in [4.78, 5) is 18.8. The molecule has 5 rings (SSSR count). The van der Waals surface area contributed by atoms with E-state index >= 15 is 0 Å². The molecule has 1 N–H and O–H groups in total. The fourth-order valence-electron chi connectivity index (χ4n) is 3.01. The number of aromatic nitrogens is 1. The zero-order chi connectivity index (χ0) is 19.1. The molecule has 1 aliphatic heterocycles. The lowest BCUT2D eigenvalue weighted by Gasteiger charge is -2.13. The van der Waals surface area contributed by atoms with Gasteiger partial charge in [-0.3, -0.25) is 9.69 Å². The number of fused-ring (bicyclic) bond motifs is 1. The molecule has 0 unspecified atom stereocenters. The standard InChI is InChI=1S/C21H13N3O2S2/c25-20-16(23-21(27)24(20)13-6-2-1-3-7-13)12-14-10-11-17(26-14)19-22-15-8-4-5-9-18(15)28-19/h1-12H,(H,23,27). The molecule has 0 aliphatic carbocycles. The van der Waals surface area contributed by atoms with Crippen molar-refractivity contribution in [3.63, 3.8) is 0 Å². The van der Waals surface area contributed by atoms with E-state index in [4.69, 9.17) is 16.6 Å². The van der Waals surface area contributed by atoms with Crippen molar-refractivity contribution in [1.29, 1.82) is 0 Å². The van der Waals surface area contributed by atoms with Gasteiger partial charge >= 0.3 is 0 Å². The molecule has 1 amide bonds. The first kappa shape index (κ1) is 16.9. The normalized spacial score (nSPS) is 15.6. The molecule has 1 aliphatic rings. The third-order valence-electron chi connectivity index (χ3n) is 4.31. The molecular formula is C21H13N3O2S2. The number of furan rings is 1. The van der Waals surface area contributed by atoms with Gasteiger partial charge in [-0.2, -0.15) is 0 Å². The van der Waals surface area contributed by atoms with Crippen molar-refractivity contribution in [3.8, 4) is 10.8 Å². The monoisotopic (exact) mass is 403 g/mol. The molecule has 4 aromatic rings. The Morgan fingerprint density at radius 2 is 1.82 bits per heavy atom. The van der Waals surface area contributed by atoms with Crippen molar-refractivity contribution in [3.05, 3.63) is 78.2 Å². The van der Waals surface area contributed by atoms with Gasteiger partial charge in [0, 0.05) is 6.08 Å². The molecule has 2 aromatic carbocycles.